The molecule has 0 spiro atoms. The van der Waals surface area contributed by atoms with Crippen LogP contribution in [0.4, 0.5) is 13.2 Å². The first-order valence-electron chi connectivity index (χ1n) is 7.35. The molecule has 0 aromatic carbocycles. The largest absolute Gasteiger partial charge is 0.411 e. The molecule has 2 N–H and O–H groups in total. The highest BCUT2D eigenvalue weighted by molar-refractivity contribution is 4.61. The van der Waals surface area contributed by atoms with Crippen molar-refractivity contribution >= 4 is 0 Å². The summed E-state index contributed by atoms with van der Waals surface area (Å²) in [4.78, 5) is 0. The minimum Gasteiger partial charge on any atom is -0.372 e. The Labute approximate surface area is 114 Å². The Morgan fingerprint density at radius 1 is 0.947 bits per heavy atom. The van der Waals surface area contributed by atoms with Crippen LogP contribution in [0, 0.1) is 0 Å². The Morgan fingerprint density at radius 2 is 1.53 bits per heavy atom. The Hall–Kier alpha value is -0.290. The second-order valence-corrected chi connectivity index (χ2v) is 5.13. The molecular formula is C14H28F3NO. The van der Waals surface area contributed by atoms with Crippen molar-refractivity contribution in [3.05, 3.63) is 0 Å². The van der Waals surface area contributed by atoms with Gasteiger partial charge in [0.1, 0.15) is 6.61 Å². The van der Waals surface area contributed by atoms with E-state index in [9.17, 15) is 13.2 Å². The van der Waals surface area contributed by atoms with E-state index in [1.165, 1.54) is 38.5 Å². The van der Waals surface area contributed by atoms with Crippen LogP contribution in [0.1, 0.15) is 64.7 Å². The predicted octanol–water partition coefficient (Wildman–Crippen LogP) is 4.42. The van der Waals surface area contributed by atoms with Crippen molar-refractivity contribution in [3.63, 3.8) is 0 Å². The SMILES string of the molecule is CCCCCCCCCC(N)CCOCC(F)(F)F. The normalized spacial score (nSPS) is 13.7. The summed E-state index contributed by atoms with van der Waals surface area (Å²) in [5.41, 5.74) is 5.82. The first-order chi connectivity index (χ1) is 8.95. The topological polar surface area (TPSA) is 35.2 Å². The van der Waals surface area contributed by atoms with Crippen LogP contribution in [-0.2, 0) is 4.74 Å². The predicted molar refractivity (Wildman–Crippen MR) is 72.1 cm³/mol. The van der Waals surface area contributed by atoms with Crippen molar-refractivity contribution in [2.75, 3.05) is 13.2 Å². The molecule has 116 valence electrons. The number of nitrogens with two attached hydrogens (primary N) is 1. The zero-order chi connectivity index (χ0) is 14.6. The van der Waals surface area contributed by atoms with Crippen LogP contribution in [-0.4, -0.2) is 25.4 Å². The summed E-state index contributed by atoms with van der Waals surface area (Å²) in [5, 5.41) is 0. The van der Waals surface area contributed by atoms with Gasteiger partial charge in [0.15, 0.2) is 0 Å². The second-order valence-electron chi connectivity index (χ2n) is 5.13. The van der Waals surface area contributed by atoms with Crippen molar-refractivity contribution in [1.82, 2.24) is 0 Å². The quantitative estimate of drug-likeness (QED) is 0.538. The zero-order valence-corrected chi connectivity index (χ0v) is 12.0. The molecular weight excluding hydrogens is 255 g/mol. The molecule has 0 aliphatic heterocycles. The van der Waals surface area contributed by atoms with Crippen molar-refractivity contribution in [3.8, 4) is 0 Å². The van der Waals surface area contributed by atoms with E-state index < -0.39 is 12.8 Å². The van der Waals surface area contributed by atoms with Crippen molar-refractivity contribution in [1.29, 1.82) is 0 Å². The molecule has 0 fully saturated rings. The highest BCUT2D eigenvalue weighted by atomic mass is 19.4. The molecule has 0 heterocycles. The third-order valence-corrected chi connectivity index (χ3v) is 3.08. The summed E-state index contributed by atoms with van der Waals surface area (Å²) in [7, 11) is 0. The van der Waals surface area contributed by atoms with Gasteiger partial charge in [-0.1, -0.05) is 51.9 Å². The van der Waals surface area contributed by atoms with Gasteiger partial charge in [-0.3, -0.25) is 0 Å². The maximum absolute atomic E-state index is 11.8. The standard InChI is InChI=1S/C14H28F3NO/c1-2-3-4-5-6-7-8-9-13(18)10-11-19-12-14(15,16)17/h13H,2-12,18H2,1H3. The van der Waals surface area contributed by atoms with E-state index in [2.05, 4.69) is 11.7 Å². The van der Waals surface area contributed by atoms with Crippen LogP contribution in [0.5, 0.6) is 0 Å². The maximum atomic E-state index is 11.8. The average molecular weight is 283 g/mol. The van der Waals surface area contributed by atoms with Gasteiger partial charge in [-0.25, -0.2) is 0 Å². The lowest BCUT2D eigenvalue weighted by molar-refractivity contribution is -0.174. The summed E-state index contributed by atoms with van der Waals surface area (Å²) in [6, 6.07) is -0.0381. The lowest BCUT2D eigenvalue weighted by Gasteiger charge is -2.12. The summed E-state index contributed by atoms with van der Waals surface area (Å²) in [6.07, 6.45) is 5.74. The second kappa shape index (κ2) is 11.5. The summed E-state index contributed by atoms with van der Waals surface area (Å²) >= 11 is 0. The highest BCUT2D eigenvalue weighted by Gasteiger charge is 2.27. The first-order valence-corrected chi connectivity index (χ1v) is 7.35. The van der Waals surface area contributed by atoms with Crippen molar-refractivity contribution in [2.24, 2.45) is 5.73 Å². The number of hydrogen-bond donors (Lipinski definition) is 1. The Kier molecular flexibility index (Phi) is 11.4. The van der Waals surface area contributed by atoms with Crippen LogP contribution in [0.25, 0.3) is 0 Å². The molecule has 0 saturated carbocycles. The van der Waals surface area contributed by atoms with E-state index in [-0.39, 0.29) is 12.6 Å². The minimum absolute atomic E-state index is 0.0381. The van der Waals surface area contributed by atoms with Gasteiger partial charge < -0.3 is 10.5 Å². The minimum atomic E-state index is -4.23. The van der Waals surface area contributed by atoms with Crippen LogP contribution >= 0.6 is 0 Å². The maximum Gasteiger partial charge on any atom is 0.411 e. The molecule has 19 heavy (non-hydrogen) atoms. The fourth-order valence-corrected chi connectivity index (χ4v) is 1.93. The number of ether oxygens (including phenoxy) is 1. The molecule has 0 saturated heterocycles. The third-order valence-electron chi connectivity index (χ3n) is 3.08. The van der Waals surface area contributed by atoms with Gasteiger partial charge in [0.25, 0.3) is 0 Å². The molecule has 0 amide bonds. The molecule has 0 bridgehead atoms. The Morgan fingerprint density at radius 3 is 2.11 bits per heavy atom. The van der Waals surface area contributed by atoms with Crippen LogP contribution in [0.3, 0.4) is 0 Å². The zero-order valence-electron chi connectivity index (χ0n) is 12.0. The molecule has 5 heteroatoms. The Balaban J connectivity index is 3.23. The average Bonchev–Trinajstić information content (AvgIpc) is 2.32. The molecule has 1 atom stereocenters. The van der Waals surface area contributed by atoms with E-state index in [1.54, 1.807) is 0 Å². The van der Waals surface area contributed by atoms with Gasteiger partial charge in [0.2, 0.25) is 0 Å². The number of alkyl halides is 3. The molecule has 0 aromatic rings. The van der Waals surface area contributed by atoms with Gasteiger partial charge in [-0.15, -0.1) is 0 Å². The lowest BCUT2D eigenvalue weighted by Crippen LogP contribution is -2.24. The smallest absolute Gasteiger partial charge is 0.372 e. The van der Waals surface area contributed by atoms with Crippen molar-refractivity contribution < 1.29 is 17.9 Å². The Bertz CT molecular complexity index is 198. The summed E-state index contributed by atoms with van der Waals surface area (Å²) in [6.45, 7) is 1.12. The van der Waals surface area contributed by atoms with E-state index in [0.717, 1.165) is 12.8 Å². The van der Waals surface area contributed by atoms with Crippen LogP contribution in [0.15, 0.2) is 0 Å². The van der Waals surface area contributed by atoms with Gasteiger partial charge in [-0.2, -0.15) is 13.2 Å². The molecule has 2 nitrogen and oxygen atoms in total. The van der Waals surface area contributed by atoms with E-state index in [4.69, 9.17) is 5.73 Å². The van der Waals surface area contributed by atoms with E-state index >= 15 is 0 Å². The molecule has 0 aliphatic carbocycles. The lowest BCUT2D eigenvalue weighted by atomic mass is 10.0. The van der Waals surface area contributed by atoms with Gasteiger partial charge >= 0.3 is 6.18 Å². The van der Waals surface area contributed by atoms with E-state index in [0.29, 0.717) is 6.42 Å². The van der Waals surface area contributed by atoms with E-state index in [1.807, 2.05) is 0 Å². The van der Waals surface area contributed by atoms with Gasteiger partial charge in [-0.05, 0) is 12.8 Å². The highest BCUT2D eigenvalue weighted by Crippen LogP contribution is 2.15. The van der Waals surface area contributed by atoms with Crippen molar-refractivity contribution in [2.45, 2.75) is 76.9 Å². The fourth-order valence-electron chi connectivity index (χ4n) is 1.93. The monoisotopic (exact) mass is 283 g/mol. The molecule has 0 radical (unpaired) electrons. The summed E-state index contributed by atoms with van der Waals surface area (Å²) in [5.74, 6) is 0. The van der Waals surface area contributed by atoms with Gasteiger partial charge in [0, 0.05) is 12.6 Å². The molecule has 1 unspecified atom stereocenters. The number of rotatable bonds is 12. The van der Waals surface area contributed by atoms with Gasteiger partial charge in [0.05, 0.1) is 0 Å². The summed E-state index contributed by atoms with van der Waals surface area (Å²) < 4.78 is 39.9. The number of halogens is 3. The third kappa shape index (κ3) is 15.7. The van der Waals surface area contributed by atoms with Crippen LogP contribution < -0.4 is 5.73 Å². The molecule has 0 aliphatic rings. The first kappa shape index (κ1) is 18.7. The fraction of sp³-hybridized carbons (Fsp3) is 1.00. The molecule has 0 aromatic heterocycles. The number of hydrogen-bond acceptors (Lipinski definition) is 2. The molecule has 0 rings (SSSR count). The van der Waals surface area contributed by atoms with Crippen LogP contribution in [0.2, 0.25) is 0 Å². The number of unbranched alkanes of at least 4 members (excludes halogenated alkanes) is 6.